The lowest BCUT2D eigenvalue weighted by Gasteiger charge is -2.34. The molecule has 0 bridgehead atoms. The Bertz CT molecular complexity index is 825. The molecular weight excluding hydrogens is 368 g/mol. The first-order valence-corrected chi connectivity index (χ1v) is 10.4. The molecule has 0 aliphatic carbocycles. The number of amides is 1. The highest BCUT2D eigenvalue weighted by Crippen LogP contribution is 2.29. The minimum atomic E-state index is 0.161. The van der Waals surface area contributed by atoms with E-state index < -0.39 is 0 Å². The van der Waals surface area contributed by atoms with Crippen molar-refractivity contribution in [2.75, 3.05) is 39.4 Å². The minimum absolute atomic E-state index is 0.161. The van der Waals surface area contributed by atoms with E-state index in [4.69, 9.17) is 9.47 Å². The van der Waals surface area contributed by atoms with E-state index >= 15 is 0 Å². The SMILES string of the molecule is CCOc1ccc(CC(=O)N2CCN(Cc3cn(C)nc3C)CC2)cc1OCC. The molecule has 1 amide bonds. The van der Waals surface area contributed by atoms with E-state index in [1.807, 2.05) is 55.6 Å². The summed E-state index contributed by atoms with van der Waals surface area (Å²) in [5.41, 5.74) is 3.28. The van der Waals surface area contributed by atoms with Crippen LogP contribution in [0.1, 0.15) is 30.7 Å². The highest BCUT2D eigenvalue weighted by atomic mass is 16.5. The van der Waals surface area contributed by atoms with Crippen LogP contribution < -0.4 is 9.47 Å². The van der Waals surface area contributed by atoms with Gasteiger partial charge in [-0.05, 0) is 38.5 Å². The standard InChI is InChI=1S/C22H32N4O3/c1-5-28-20-8-7-18(13-21(20)29-6-2)14-22(27)26-11-9-25(10-12-26)16-19-15-24(4)23-17(19)3/h7-8,13,15H,5-6,9-12,14,16H2,1-4H3. The lowest BCUT2D eigenvalue weighted by atomic mass is 10.1. The molecule has 0 N–H and O–H groups in total. The first-order valence-electron chi connectivity index (χ1n) is 10.4. The first kappa shape index (κ1) is 21.2. The number of piperazine rings is 1. The molecule has 1 aromatic carbocycles. The molecular formula is C22H32N4O3. The van der Waals surface area contributed by atoms with Crippen LogP contribution in [0.3, 0.4) is 0 Å². The van der Waals surface area contributed by atoms with Crippen LogP contribution in [-0.2, 0) is 24.8 Å². The maximum Gasteiger partial charge on any atom is 0.227 e. The molecule has 0 spiro atoms. The largest absolute Gasteiger partial charge is 0.490 e. The Morgan fingerprint density at radius 1 is 1.07 bits per heavy atom. The summed E-state index contributed by atoms with van der Waals surface area (Å²) in [4.78, 5) is 17.1. The number of hydrogen-bond donors (Lipinski definition) is 0. The van der Waals surface area contributed by atoms with Crippen molar-refractivity contribution in [3.05, 3.63) is 41.2 Å². The van der Waals surface area contributed by atoms with Crippen molar-refractivity contribution in [2.45, 2.75) is 33.7 Å². The van der Waals surface area contributed by atoms with Crippen LogP contribution in [0, 0.1) is 6.92 Å². The van der Waals surface area contributed by atoms with Gasteiger partial charge in [-0.25, -0.2) is 0 Å². The van der Waals surface area contributed by atoms with Gasteiger partial charge in [-0.1, -0.05) is 6.07 Å². The Labute approximate surface area is 173 Å². The first-order chi connectivity index (χ1) is 14.0. The summed E-state index contributed by atoms with van der Waals surface area (Å²) in [6, 6.07) is 5.77. The lowest BCUT2D eigenvalue weighted by Crippen LogP contribution is -2.48. The second-order valence-corrected chi connectivity index (χ2v) is 7.39. The van der Waals surface area contributed by atoms with E-state index in [0.717, 1.165) is 49.7 Å². The molecule has 29 heavy (non-hydrogen) atoms. The second kappa shape index (κ2) is 9.78. The maximum atomic E-state index is 12.8. The molecule has 0 saturated carbocycles. The van der Waals surface area contributed by atoms with Crippen LogP contribution in [-0.4, -0.2) is 64.9 Å². The summed E-state index contributed by atoms with van der Waals surface area (Å²) >= 11 is 0. The van der Waals surface area contributed by atoms with Crippen molar-refractivity contribution in [3.63, 3.8) is 0 Å². The summed E-state index contributed by atoms with van der Waals surface area (Å²) in [5, 5.41) is 4.41. The number of carbonyl (C=O) groups excluding carboxylic acids is 1. The van der Waals surface area contributed by atoms with Crippen molar-refractivity contribution in [3.8, 4) is 11.5 Å². The number of aryl methyl sites for hydroxylation is 2. The van der Waals surface area contributed by atoms with Gasteiger partial charge in [0.05, 0.1) is 25.3 Å². The number of aromatic nitrogens is 2. The zero-order valence-electron chi connectivity index (χ0n) is 18.0. The van der Waals surface area contributed by atoms with Gasteiger partial charge < -0.3 is 14.4 Å². The minimum Gasteiger partial charge on any atom is -0.490 e. The van der Waals surface area contributed by atoms with E-state index in [1.54, 1.807) is 0 Å². The fourth-order valence-corrected chi connectivity index (χ4v) is 3.69. The van der Waals surface area contributed by atoms with Crippen molar-refractivity contribution in [2.24, 2.45) is 7.05 Å². The van der Waals surface area contributed by atoms with Gasteiger partial charge in [0.15, 0.2) is 11.5 Å². The number of hydrogen-bond acceptors (Lipinski definition) is 5. The fourth-order valence-electron chi connectivity index (χ4n) is 3.69. The van der Waals surface area contributed by atoms with Gasteiger partial charge in [-0.2, -0.15) is 5.10 Å². The van der Waals surface area contributed by atoms with E-state index in [9.17, 15) is 4.79 Å². The van der Waals surface area contributed by atoms with Crippen LogP contribution in [0.15, 0.2) is 24.4 Å². The smallest absolute Gasteiger partial charge is 0.227 e. The topological polar surface area (TPSA) is 59.8 Å². The Morgan fingerprint density at radius 3 is 2.38 bits per heavy atom. The Balaban J connectivity index is 1.54. The molecule has 2 aromatic rings. The summed E-state index contributed by atoms with van der Waals surface area (Å²) in [6.45, 7) is 11.3. The highest BCUT2D eigenvalue weighted by molar-refractivity contribution is 5.79. The number of carbonyl (C=O) groups is 1. The fraction of sp³-hybridized carbons (Fsp3) is 0.545. The normalized spacial score (nSPS) is 14.8. The molecule has 3 rings (SSSR count). The summed E-state index contributed by atoms with van der Waals surface area (Å²) in [5.74, 6) is 1.59. The zero-order chi connectivity index (χ0) is 20.8. The molecule has 0 atom stereocenters. The molecule has 0 unspecified atom stereocenters. The molecule has 1 aliphatic rings. The van der Waals surface area contributed by atoms with Gasteiger partial charge in [0.25, 0.3) is 0 Å². The van der Waals surface area contributed by atoms with Crippen molar-refractivity contribution < 1.29 is 14.3 Å². The molecule has 0 radical (unpaired) electrons. The number of nitrogens with zero attached hydrogens (tertiary/aromatic N) is 4. The van der Waals surface area contributed by atoms with Crippen molar-refractivity contribution >= 4 is 5.91 Å². The Hall–Kier alpha value is -2.54. The predicted octanol–water partition coefficient (Wildman–Crippen LogP) is 2.41. The van der Waals surface area contributed by atoms with Crippen LogP contribution >= 0.6 is 0 Å². The average Bonchev–Trinajstić information content (AvgIpc) is 3.01. The number of rotatable bonds is 8. The van der Waals surface area contributed by atoms with Gasteiger partial charge in [0.1, 0.15) is 0 Å². The average molecular weight is 401 g/mol. The highest BCUT2D eigenvalue weighted by Gasteiger charge is 2.22. The van der Waals surface area contributed by atoms with E-state index in [1.165, 1.54) is 5.56 Å². The molecule has 1 aliphatic heterocycles. The molecule has 1 aromatic heterocycles. The van der Waals surface area contributed by atoms with Gasteiger partial charge in [-0.3, -0.25) is 14.4 Å². The summed E-state index contributed by atoms with van der Waals surface area (Å²) in [7, 11) is 1.95. The molecule has 7 nitrogen and oxygen atoms in total. The van der Waals surface area contributed by atoms with Gasteiger partial charge in [-0.15, -0.1) is 0 Å². The van der Waals surface area contributed by atoms with Crippen molar-refractivity contribution in [1.29, 1.82) is 0 Å². The van der Waals surface area contributed by atoms with Crippen LogP contribution in [0.4, 0.5) is 0 Å². The van der Waals surface area contributed by atoms with Gasteiger partial charge >= 0.3 is 0 Å². The summed E-state index contributed by atoms with van der Waals surface area (Å²) in [6.07, 6.45) is 2.46. The number of benzene rings is 1. The third-order valence-electron chi connectivity index (χ3n) is 5.20. The predicted molar refractivity (Wildman–Crippen MR) is 112 cm³/mol. The van der Waals surface area contributed by atoms with Crippen LogP contribution in [0.5, 0.6) is 11.5 Å². The van der Waals surface area contributed by atoms with Crippen LogP contribution in [0.25, 0.3) is 0 Å². The Morgan fingerprint density at radius 2 is 1.76 bits per heavy atom. The maximum absolute atomic E-state index is 12.8. The lowest BCUT2D eigenvalue weighted by molar-refractivity contribution is -0.132. The third-order valence-corrected chi connectivity index (χ3v) is 5.20. The van der Waals surface area contributed by atoms with E-state index in [-0.39, 0.29) is 5.91 Å². The third kappa shape index (κ3) is 5.50. The van der Waals surface area contributed by atoms with Crippen LogP contribution in [0.2, 0.25) is 0 Å². The Kier molecular flexibility index (Phi) is 7.14. The zero-order valence-corrected chi connectivity index (χ0v) is 18.0. The molecule has 1 fully saturated rings. The van der Waals surface area contributed by atoms with E-state index in [0.29, 0.717) is 25.4 Å². The van der Waals surface area contributed by atoms with Gasteiger partial charge in [0, 0.05) is 51.5 Å². The van der Waals surface area contributed by atoms with Crippen molar-refractivity contribution in [1.82, 2.24) is 19.6 Å². The van der Waals surface area contributed by atoms with E-state index in [2.05, 4.69) is 16.2 Å². The molecule has 2 heterocycles. The molecule has 158 valence electrons. The molecule has 7 heteroatoms. The summed E-state index contributed by atoms with van der Waals surface area (Å²) < 4.78 is 13.1. The molecule has 1 saturated heterocycles. The number of ether oxygens (including phenoxy) is 2. The quantitative estimate of drug-likeness (QED) is 0.681. The monoisotopic (exact) mass is 400 g/mol. The second-order valence-electron chi connectivity index (χ2n) is 7.39. The van der Waals surface area contributed by atoms with Gasteiger partial charge in [0.2, 0.25) is 5.91 Å².